The Morgan fingerprint density at radius 3 is 2.85 bits per heavy atom. The number of aromatic nitrogens is 1. The Morgan fingerprint density at radius 1 is 1.30 bits per heavy atom. The van der Waals surface area contributed by atoms with Gasteiger partial charge in [0.25, 0.3) is 0 Å². The van der Waals surface area contributed by atoms with E-state index in [0.29, 0.717) is 16.0 Å². The number of piperidine rings is 1. The molecular weight excluding hydrogens is 401 g/mol. The molecular formula is C20H23Cl2N3OS. The fourth-order valence-electron chi connectivity index (χ4n) is 3.79. The molecule has 0 spiro atoms. The van der Waals surface area contributed by atoms with Gasteiger partial charge in [-0.25, -0.2) is 4.98 Å². The number of halogens is 2. The Hall–Kier alpha value is -1.14. The third kappa shape index (κ3) is 4.83. The predicted octanol–water partition coefficient (Wildman–Crippen LogP) is 4.93. The molecule has 0 unspecified atom stereocenters. The summed E-state index contributed by atoms with van der Waals surface area (Å²) in [6.45, 7) is 2.84. The monoisotopic (exact) mass is 423 g/mol. The third-order valence-corrected chi connectivity index (χ3v) is 6.96. The number of carbonyl (C=O) groups is 1. The highest BCUT2D eigenvalue weighted by Crippen LogP contribution is 2.35. The van der Waals surface area contributed by atoms with E-state index in [0.717, 1.165) is 55.9 Å². The Morgan fingerprint density at radius 2 is 2.15 bits per heavy atom. The molecule has 2 fully saturated rings. The fraction of sp³-hybridized carbons (Fsp3) is 0.500. The van der Waals surface area contributed by atoms with Crippen molar-refractivity contribution in [3.05, 3.63) is 50.4 Å². The van der Waals surface area contributed by atoms with Crippen LogP contribution in [0, 0.1) is 11.8 Å². The summed E-state index contributed by atoms with van der Waals surface area (Å²) in [7, 11) is 0. The van der Waals surface area contributed by atoms with Crippen molar-refractivity contribution in [2.24, 2.45) is 11.8 Å². The van der Waals surface area contributed by atoms with E-state index in [1.165, 1.54) is 0 Å². The van der Waals surface area contributed by atoms with Gasteiger partial charge in [-0.05, 0) is 55.8 Å². The summed E-state index contributed by atoms with van der Waals surface area (Å²) in [6, 6.07) is 5.84. The van der Waals surface area contributed by atoms with Crippen LogP contribution in [0.15, 0.2) is 29.8 Å². The van der Waals surface area contributed by atoms with Gasteiger partial charge in [-0.1, -0.05) is 29.3 Å². The lowest BCUT2D eigenvalue weighted by molar-refractivity contribution is -0.123. The second kappa shape index (κ2) is 8.48. The van der Waals surface area contributed by atoms with E-state index in [1.807, 2.05) is 29.8 Å². The van der Waals surface area contributed by atoms with Gasteiger partial charge in [0.05, 0.1) is 16.1 Å². The molecule has 1 aromatic carbocycles. The topological polar surface area (TPSA) is 45.2 Å². The molecule has 7 heteroatoms. The molecule has 1 amide bonds. The molecule has 4 rings (SSSR count). The average molecular weight is 424 g/mol. The summed E-state index contributed by atoms with van der Waals surface area (Å²) in [5.41, 5.74) is 1.16. The van der Waals surface area contributed by atoms with Gasteiger partial charge in [0.15, 0.2) is 0 Å². The first-order valence-corrected chi connectivity index (χ1v) is 11.1. The number of benzene rings is 1. The minimum Gasteiger partial charge on any atom is -0.346 e. The highest BCUT2D eigenvalue weighted by Gasteiger charge is 2.35. The van der Waals surface area contributed by atoms with Gasteiger partial charge < -0.3 is 5.32 Å². The number of nitrogens with zero attached hydrogens (tertiary/aromatic N) is 2. The summed E-state index contributed by atoms with van der Waals surface area (Å²) < 4.78 is 0. The Labute approximate surface area is 173 Å². The molecule has 0 radical (unpaired) electrons. The van der Waals surface area contributed by atoms with E-state index in [2.05, 4.69) is 15.2 Å². The standard InChI is InChI=1S/C20H23Cl2N3OS/c21-16-6-3-13(10-17(16)22)11-25-8-1-2-15(12-25)18(20-23-7-9-27-20)24-19(26)14-4-5-14/h3,6-7,9-10,14-15,18H,1-2,4-5,8,11-12H2,(H,24,26)/t15-,18-/m1/s1. The van der Waals surface area contributed by atoms with E-state index in [-0.39, 0.29) is 17.9 Å². The summed E-state index contributed by atoms with van der Waals surface area (Å²) in [4.78, 5) is 19.4. The van der Waals surface area contributed by atoms with Gasteiger partial charge in [0.1, 0.15) is 5.01 Å². The number of amides is 1. The van der Waals surface area contributed by atoms with Crippen LogP contribution in [0.1, 0.15) is 42.3 Å². The van der Waals surface area contributed by atoms with E-state index >= 15 is 0 Å². The lowest BCUT2D eigenvalue weighted by Crippen LogP contribution is -2.43. The molecule has 2 aliphatic rings. The van der Waals surface area contributed by atoms with E-state index in [9.17, 15) is 4.79 Å². The zero-order valence-corrected chi connectivity index (χ0v) is 17.4. The maximum atomic E-state index is 12.4. The van der Waals surface area contributed by atoms with Crippen molar-refractivity contribution >= 4 is 40.4 Å². The molecule has 2 heterocycles. The van der Waals surface area contributed by atoms with Crippen LogP contribution in [0.25, 0.3) is 0 Å². The van der Waals surface area contributed by atoms with E-state index in [4.69, 9.17) is 23.2 Å². The highest BCUT2D eigenvalue weighted by molar-refractivity contribution is 7.09. The second-order valence-corrected chi connectivity index (χ2v) is 9.26. The van der Waals surface area contributed by atoms with Crippen LogP contribution in [0.4, 0.5) is 0 Å². The molecule has 1 aliphatic carbocycles. The molecule has 1 saturated heterocycles. The van der Waals surface area contributed by atoms with Crippen molar-refractivity contribution in [2.75, 3.05) is 13.1 Å². The van der Waals surface area contributed by atoms with Gasteiger partial charge in [0.2, 0.25) is 5.91 Å². The van der Waals surface area contributed by atoms with Crippen molar-refractivity contribution in [1.82, 2.24) is 15.2 Å². The Bertz CT molecular complexity index is 795. The maximum absolute atomic E-state index is 12.4. The predicted molar refractivity (Wildman–Crippen MR) is 110 cm³/mol. The van der Waals surface area contributed by atoms with E-state index < -0.39 is 0 Å². The number of thiazole rings is 1. The first-order valence-electron chi connectivity index (χ1n) is 9.46. The van der Waals surface area contributed by atoms with E-state index in [1.54, 1.807) is 11.3 Å². The Kier molecular flexibility index (Phi) is 6.02. The number of nitrogens with one attached hydrogen (secondary N) is 1. The van der Waals surface area contributed by atoms with Crippen LogP contribution in [-0.4, -0.2) is 28.9 Å². The van der Waals surface area contributed by atoms with Crippen molar-refractivity contribution in [3.8, 4) is 0 Å². The maximum Gasteiger partial charge on any atom is 0.223 e. The number of hydrogen-bond donors (Lipinski definition) is 1. The molecule has 2 atom stereocenters. The van der Waals surface area contributed by atoms with Crippen molar-refractivity contribution < 1.29 is 4.79 Å². The summed E-state index contributed by atoms with van der Waals surface area (Å²) in [5.74, 6) is 0.774. The number of carbonyl (C=O) groups excluding carboxylic acids is 1. The molecule has 1 saturated carbocycles. The third-order valence-electron chi connectivity index (χ3n) is 5.37. The number of rotatable bonds is 6. The van der Waals surface area contributed by atoms with Crippen LogP contribution >= 0.6 is 34.5 Å². The van der Waals surface area contributed by atoms with Crippen LogP contribution in [0.3, 0.4) is 0 Å². The number of hydrogen-bond acceptors (Lipinski definition) is 4. The number of likely N-dealkylation sites (tertiary alicyclic amines) is 1. The molecule has 27 heavy (non-hydrogen) atoms. The van der Waals surface area contributed by atoms with Crippen LogP contribution < -0.4 is 5.32 Å². The zero-order chi connectivity index (χ0) is 18.8. The van der Waals surface area contributed by atoms with Gasteiger partial charge >= 0.3 is 0 Å². The first kappa shape index (κ1) is 19.2. The smallest absolute Gasteiger partial charge is 0.223 e. The average Bonchev–Trinajstić information content (AvgIpc) is 3.38. The molecule has 4 nitrogen and oxygen atoms in total. The lowest BCUT2D eigenvalue weighted by atomic mass is 9.90. The quantitative estimate of drug-likeness (QED) is 0.715. The first-order chi connectivity index (χ1) is 13.1. The molecule has 144 valence electrons. The van der Waals surface area contributed by atoms with Gasteiger partial charge in [-0.3, -0.25) is 9.69 Å². The fourth-order valence-corrected chi connectivity index (χ4v) is 4.89. The van der Waals surface area contributed by atoms with Gasteiger partial charge in [-0.15, -0.1) is 11.3 Å². The largest absolute Gasteiger partial charge is 0.346 e. The minimum atomic E-state index is 0.00899. The molecule has 1 N–H and O–H groups in total. The van der Waals surface area contributed by atoms with Gasteiger partial charge in [0, 0.05) is 30.6 Å². The highest BCUT2D eigenvalue weighted by atomic mass is 35.5. The van der Waals surface area contributed by atoms with Crippen LogP contribution in [0.2, 0.25) is 10.0 Å². The summed E-state index contributed by atoms with van der Waals surface area (Å²) in [6.07, 6.45) is 6.09. The zero-order valence-electron chi connectivity index (χ0n) is 15.0. The lowest BCUT2D eigenvalue weighted by Gasteiger charge is -2.36. The normalized spacial score (nSPS) is 21.8. The van der Waals surface area contributed by atoms with Crippen molar-refractivity contribution in [3.63, 3.8) is 0 Å². The molecule has 0 bridgehead atoms. The van der Waals surface area contributed by atoms with Crippen molar-refractivity contribution in [2.45, 2.75) is 38.3 Å². The summed E-state index contributed by atoms with van der Waals surface area (Å²) in [5, 5.41) is 7.49. The molecule has 1 aliphatic heterocycles. The molecule has 1 aromatic heterocycles. The second-order valence-electron chi connectivity index (χ2n) is 7.52. The Balaban J connectivity index is 1.45. The van der Waals surface area contributed by atoms with Gasteiger partial charge in [-0.2, -0.15) is 0 Å². The minimum absolute atomic E-state index is 0.00899. The van der Waals surface area contributed by atoms with Crippen LogP contribution in [0.5, 0.6) is 0 Å². The van der Waals surface area contributed by atoms with Crippen LogP contribution in [-0.2, 0) is 11.3 Å². The van der Waals surface area contributed by atoms with Crippen molar-refractivity contribution in [1.29, 1.82) is 0 Å². The SMILES string of the molecule is O=C(N[C@@H](c1nccs1)[C@@H]1CCCN(Cc2ccc(Cl)c(Cl)c2)C1)C1CC1. The molecule has 2 aromatic rings. The summed E-state index contributed by atoms with van der Waals surface area (Å²) >= 11 is 13.8.